The van der Waals surface area contributed by atoms with Crippen molar-refractivity contribution in [2.24, 2.45) is 0 Å². The fraction of sp³-hybridized carbons (Fsp3) is 0.417. The minimum atomic E-state index is -1.18. The SMILES string of the molecule is O=C([O-])c1ccc(OC2CCCCO2)cc1. The fourth-order valence-electron chi connectivity index (χ4n) is 1.63. The third-order valence-electron chi connectivity index (χ3n) is 2.50. The Kier molecular flexibility index (Phi) is 3.41. The van der Waals surface area contributed by atoms with Crippen LogP contribution >= 0.6 is 0 Å². The molecule has 0 aliphatic carbocycles. The number of carboxylic acid groups (broad SMARTS) is 1. The number of ether oxygens (including phenoxy) is 2. The summed E-state index contributed by atoms with van der Waals surface area (Å²) in [5, 5.41) is 10.5. The topological polar surface area (TPSA) is 58.6 Å². The number of benzene rings is 1. The number of carbonyl (C=O) groups excluding carboxylic acids is 1. The molecule has 0 radical (unpaired) electrons. The normalized spacial score (nSPS) is 20.4. The Bertz CT molecular complexity index is 352. The van der Waals surface area contributed by atoms with E-state index in [1.165, 1.54) is 12.1 Å². The van der Waals surface area contributed by atoms with Crippen LogP contribution in [0.5, 0.6) is 5.75 Å². The predicted octanol–water partition coefficient (Wildman–Crippen LogP) is 0.955. The van der Waals surface area contributed by atoms with Gasteiger partial charge in [0.2, 0.25) is 0 Å². The maximum Gasteiger partial charge on any atom is 0.199 e. The lowest BCUT2D eigenvalue weighted by atomic mass is 10.2. The van der Waals surface area contributed by atoms with Crippen molar-refractivity contribution in [2.75, 3.05) is 6.61 Å². The van der Waals surface area contributed by atoms with E-state index in [1.54, 1.807) is 12.1 Å². The van der Waals surface area contributed by atoms with E-state index in [0.717, 1.165) is 25.9 Å². The van der Waals surface area contributed by atoms with Gasteiger partial charge in [0.05, 0.1) is 12.6 Å². The Morgan fingerprint density at radius 2 is 2.06 bits per heavy atom. The van der Waals surface area contributed by atoms with Gasteiger partial charge >= 0.3 is 0 Å². The highest BCUT2D eigenvalue weighted by atomic mass is 16.7. The summed E-state index contributed by atoms with van der Waals surface area (Å²) in [4.78, 5) is 10.5. The maximum absolute atomic E-state index is 10.5. The summed E-state index contributed by atoms with van der Waals surface area (Å²) in [6, 6.07) is 6.16. The quantitative estimate of drug-likeness (QED) is 0.762. The van der Waals surface area contributed by atoms with Crippen molar-refractivity contribution >= 4 is 5.97 Å². The van der Waals surface area contributed by atoms with Gasteiger partial charge in [-0.1, -0.05) is 0 Å². The smallest absolute Gasteiger partial charge is 0.199 e. The van der Waals surface area contributed by atoms with Crippen molar-refractivity contribution in [1.29, 1.82) is 0 Å². The minimum Gasteiger partial charge on any atom is -0.545 e. The molecular weight excluding hydrogens is 208 g/mol. The fourth-order valence-corrected chi connectivity index (χ4v) is 1.63. The highest BCUT2D eigenvalue weighted by molar-refractivity contribution is 5.85. The second-order valence-corrected chi connectivity index (χ2v) is 3.73. The first-order valence-corrected chi connectivity index (χ1v) is 5.35. The second kappa shape index (κ2) is 4.99. The molecule has 0 spiro atoms. The third kappa shape index (κ3) is 2.73. The molecule has 1 saturated heterocycles. The third-order valence-corrected chi connectivity index (χ3v) is 2.50. The van der Waals surface area contributed by atoms with Crippen LogP contribution in [0.3, 0.4) is 0 Å². The lowest BCUT2D eigenvalue weighted by molar-refractivity contribution is -0.255. The van der Waals surface area contributed by atoms with E-state index < -0.39 is 5.97 Å². The van der Waals surface area contributed by atoms with Gasteiger partial charge in [0.1, 0.15) is 5.75 Å². The number of aromatic carboxylic acids is 1. The zero-order valence-electron chi connectivity index (χ0n) is 8.85. The molecule has 1 aliphatic rings. The van der Waals surface area contributed by atoms with Crippen LogP contribution in [0.4, 0.5) is 0 Å². The summed E-state index contributed by atoms with van der Waals surface area (Å²) in [6.07, 6.45) is 2.84. The summed E-state index contributed by atoms with van der Waals surface area (Å²) < 4.78 is 11.0. The van der Waals surface area contributed by atoms with E-state index in [2.05, 4.69) is 0 Å². The van der Waals surface area contributed by atoms with E-state index >= 15 is 0 Å². The minimum absolute atomic E-state index is 0.150. The Morgan fingerprint density at radius 1 is 1.31 bits per heavy atom. The molecular formula is C12H13O4-. The maximum atomic E-state index is 10.5. The van der Waals surface area contributed by atoms with Crippen LogP contribution in [-0.4, -0.2) is 18.9 Å². The molecule has 1 atom stereocenters. The molecule has 4 nitrogen and oxygen atoms in total. The van der Waals surface area contributed by atoms with Gasteiger partial charge in [-0.2, -0.15) is 0 Å². The first-order valence-electron chi connectivity index (χ1n) is 5.35. The lowest BCUT2D eigenvalue weighted by Gasteiger charge is -2.23. The molecule has 1 aromatic rings. The van der Waals surface area contributed by atoms with Crippen LogP contribution in [0.2, 0.25) is 0 Å². The molecule has 1 fully saturated rings. The summed E-state index contributed by atoms with van der Waals surface area (Å²) >= 11 is 0. The van der Waals surface area contributed by atoms with E-state index in [0.29, 0.717) is 5.75 Å². The van der Waals surface area contributed by atoms with Gasteiger partial charge in [-0.25, -0.2) is 0 Å². The monoisotopic (exact) mass is 221 g/mol. The standard InChI is InChI=1S/C12H14O4/c13-12(14)9-4-6-10(7-5-9)16-11-3-1-2-8-15-11/h4-7,11H,1-3,8H2,(H,13,14)/p-1. The van der Waals surface area contributed by atoms with Crippen LogP contribution in [0.15, 0.2) is 24.3 Å². The summed E-state index contributed by atoms with van der Waals surface area (Å²) in [7, 11) is 0. The molecule has 16 heavy (non-hydrogen) atoms. The predicted molar refractivity (Wildman–Crippen MR) is 55.0 cm³/mol. The van der Waals surface area contributed by atoms with Crippen LogP contribution in [0.25, 0.3) is 0 Å². The van der Waals surface area contributed by atoms with Crippen LogP contribution in [0.1, 0.15) is 29.6 Å². The van der Waals surface area contributed by atoms with E-state index in [-0.39, 0.29) is 11.9 Å². The van der Waals surface area contributed by atoms with Gasteiger partial charge in [0.25, 0.3) is 0 Å². The molecule has 1 unspecified atom stereocenters. The van der Waals surface area contributed by atoms with Crippen LogP contribution in [-0.2, 0) is 4.74 Å². The molecule has 0 N–H and O–H groups in total. The summed E-state index contributed by atoms with van der Waals surface area (Å²) in [5.74, 6) is -0.558. The van der Waals surface area contributed by atoms with Crippen LogP contribution in [0, 0.1) is 0 Å². The molecule has 0 amide bonds. The van der Waals surface area contributed by atoms with Crippen molar-refractivity contribution < 1.29 is 19.4 Å². The van der Waals surface area contributed by atoms with Crippen LogP contribution < -0.4 is 9.84 Å². The number of rotatable bonds is 3. The molecule has 1 heterocycles. The Hall–Kier alpha value is -1.55. The number of hydrogen-bond acceptors (Lipinski definition) is 4. The van der Waals surface area contributed by atoms with E-state index in [4.69, 9.17) is 9.47 Å². The molecule has 1 aromatic carbocycles. The Labute approximate surface area is 93.8 Å². The van der Waals surface area contributed by atoms with E-state index in [9.17, 15) is 9.90 Å². The van der Waals surface area contributed by atoms with Gasteiger partial charge in [-0.05, 0) is 42.7 Å². The van der Waals surface area contributed by atoms with Gasteiger partial charge in [-0.3, -0.25) is 0 Å². The molecule has 0 bridgehead atoms. The first kappa shape index (κ1) is 11.0. The average Bonchev–Trinajstić information content (AvgIpc) is 2.31. The Balaban J connectivity index is 1.96. The highest BCUT2D eigenvalue weighted by Gasteiger charge is 2.14. The largest absolute Gasteiger partial charge is 0.545 e. The highest BCUT2D eigenvalue weighted by Crippen LogP contribution is 2.19. The average molecular weight is 221 g/mol. The van der Waals surface area contributed by atoms with Crippen molar-refractivity contribution in [1.82, 2.24) is 0 Å². The number of hydrogen-bond donors (Lipinski definition) is 0. The zero-order chi connectivity index (χ0) is 11.4. The Morgan fingerprint density at radius 3 is 2.62 bits per heavy atom. The second-order valence-electron chi connectivity index (χ2n) is 3.73. The molecule has 4 heteroatoms. The van der Waals surface area contributed by atoms with Crippen molar-refractivity contribution in [3.8, 4) is 5.75 Å². The molecule has 0 saturated carbocycles. The zero-order valence-corrected chi connectivity index (χ0v) is 8.85. The van der Waals surface area contributed by atoms with Crippen molar-refractivity contribution in [3.05, 3.63) is 29.8 Å². The van der Waals surface area contributed by atoms with Crippen molar-refractivity contribution in [2.45, 2.75) is 25.6 Å². The summed E-state index contributed by atoms with van der Waals surface area (Å²) in [6.45, 7) is 0.724. The molecule has 86 valence electrons. The van der Waals surface area contributed by atoms with Crippen molar-refractivity contribution in [3.63, 3.8) is 0 Å². The number of carboxylic acids is 1. The van der Waals surface area contributed by atoms with Gasteiger partial charge in [0, 0.05) is 6.42 Å². The summed E-state index contributed by atoms with van der Waals surface area (Å²) in [5.41, 5.74) is 0.150. The molecule has 0 aromatic heterocycles. The first-order chi connectivity index (χ1) is 7.75. The number of carbonyl (C=O) groups is 1. The van der Waals surface area contributed by atoms with Gasteiger partial charge in [-0.15, -0.1) is 0 Å². The van der Waals surface area contributed by atoms with E-state index in [1.807, 2.05) is 0 Å². The molecule has 1 aliphatic heterocycles. The van der Waals surface area contributed by atoms with Gasteiger partial charge in [0.15, 0.2) is 6.29 Å². The lowest BCUT2D eigenvalue weighted by Crippen LogP contribution is -2.25. The molecule has 2 rings (SSSR count). The van der Waals surface area contributed by atoms with Gasteiger partial charge < -0.3 is 19.4 Å².